The van der Waals surface area contributed by atoms with E-state index in [1.54, 1.807) is 60.7 Å². The third-order valence-electron chi connectivity index (χ3n) is 7.04. The van der Waals surface area contributed by atoms with Gasteiger partial charge in [-0.25, -0.2) is 22.0 Å². The van der Waals surface area contributed by atoms with E-state index in [0.29, 0.717) is 11.1 Å². The number of fused-ring (bicyclic) bond motifs is 1. The summed E-state index contributed by atoms with van der Waals surface area (Å²) in [6.07, 6.45) is -2.76. The topological polar surface area (TPSA) is 93.6 Å². The van der Waals surface area contributed by atoms with Crippen molar-refractivity contribution in [2.45, 2.75) is 42.5 Å². The Morgan fingerprint density at radius 2 is 1.50 bits per heavy atom. The number of benzene rings is 2. The zero-order chi connectivity index (χ0) is 27.2. The maximum Gasteiger partial charge on any atom is 0.331 e. The maximum absolute atomic E-state index is 14.2. The van der Waals surface area contributed by atoms with Crippen LogP contribution < -0.4 is 0 Å². The van der Waals surface area contributed by atoms with Gasteiger partial charge in [-0.05, 0) is 37.1 Å². The number of amides is 1. The summed E-state index contributed by atoms with van der Waals surface area (Å²) in [5.41, 5.74) is -0.222. The Kier molecular flexibility index (Phi) is 6.38. The SMILES string of the molecule is CC1(C)[C@H](C(=O)OC(c2ccccc2)c2ccccc2)N2C(=O)C(=C(c3ccccn3)C(F)F)[C@H]2S1(=O)=O. The van der Waals surface area contributed by atoms with Crippen molar-refractivity contribution in [2.24, 2.45) is 0 Å². The fraction of sp³-hybridized carbons (Fsp3) is 0.250. The number of carbonyl (C=O) groups excluding carboxylic acids is 2. The van der Waals surface area contributed by atoms with Crippen LogP contribution >= 0.6 is 0 Å². The molecule has 2 aliphatic heterocycles. The highest BCUT2D eigenvalue weighted by Crippen LogP contribution is 2.51. The van der Waals surface area contributed by atoms with Gasteiger partial charge < -0.3 is 9.64 Å². The number of carbonyl (C=O) groups is 2. The van der Waals surface area contributed by atoms with Crippen molar-refractivity contribution in [3.63, 3.8) is 0 Å². The monoisotopic (exact) mass is 538 g/mol. The number of hydrogen-bond donors (Lipinski definition) is 0. The minimum atomic E-state index is -4.31. The molecule has 0 saturated carbocycles. The van der Waals surface area contributed by atoms with Crippen molar-refractivity contribution in [3.8, 4) is 0 Å². The van der Waals surface area contributed by atoms with Crippen LogP contribution in [0.4, 0.5) is 8.78 Å². The molecular weight excluding hydrogens is 514 g/mol. The van der Waals surface area contributed by atoms with Crippen LogP contribution in [-0.2, 0) is 24.2 Å². The van der Waals surface area contributed by atoms with Gasteiger partial charge in [-0.15, -0.1) is 0 Å². The molecule has 0 aliphatic carbocycles. The predicted molar refractivity (Wildman–Crippen MR) is 135 cm³/mol. The first-order chi connectivity index (χ1) is 18.1. The molecule has 2 saturated heterocycles. The summed E-state index contributed by atoms with van der Waals surface area (Å²) < 4.78 is 59.7. The number of sulfone groups is 1. The normalized spacial score (nSPS) is 22.7. The summed E-state index contributed by atoms with van der Waals surface area (Å²) in [5.74, 6) is -1.90. The highest BCUT2D eigenvalue weighted by atomic mass is 32.2. The number of aromatic nitrogens is 1. The van der Waals surface area contributed by atoms with Crippen LogP contribution in [-0.4, -0.2) is 52.8 Å². The van der Waals surface area contributed by atoms with Gasteiger partial charge in [-0.3, -0.25) is 9.78 Å². The quantitative estimate of drug-likeness (QED) is 0.266. The molecule has 1 amide bonds. The second kappa shape index (κ2) is 9.43. The van der Waals surface area contributed by atoms with Crippen molar-refractivity contribution in [2.75, 3.05) is 0 Å². The van der Waals surface area contributed by atoms with E-state index < -0.39 is 61.6 Å². The molecule has 2 fully saturated rings. The van der Waals surface area contributed by atoms with Crippen LogP contribution in [0.15, 0.2) is 90.6 Å². The van der Waals surface area contributed by atoms with Crippen LogP contribution in [0.2, 0.25) is 0 Å². The second-order valence-electron chi connectivity index (χ2n) is 9.60. The maximum atomic E-state index is 14.2. The lowest BCUT2D eigenvalue weighted by Crippen LogP contribution is -2.59. The average Bonchev–Trinajstić information content (AvgIpc) is 3.05. The highest BCUT2D eigenvalue weighted by Gasteiger charge is 2.71. The number of nitrogens with zero attached hydrogens (tertiary/aromatic N) is 2. The highest BCUT2D eigenvalue weighted by molar-refractivity contribution is 7.94. The van der Waals surface area contributed by atoms with Gasteiger partial charge in [0.2, 0.25) is 0 Å². The first kappa shape index (κ1) is 25.7. The third-order valence-corrected chi connectivity index (χ3v) is 9.78. The predicted octanol–water partition coefficient (Wildman–Crippen LogP) is 4.18. The number of ether oxygens (including phenoxy) is 1. The van der Waals surface area contributed by atoms with E-state index in [4.69, 9.17) is 4.74 Å². The summed E-state index contributed by atoms with van der Waals surface area (Å²) in [7, 11) is -4.31. The van der Waals surface area contributed by atoms with Crippen molar-refractivity contribution >= 4 is 27.3 Å². The Morgan fingerprint density at radius 3 is 2.00 bits per heavy atom. The smallest absolute Gasteiger partial charge is 0.331 e. The Labute approximate surface area is 218 Å². The fourth-order valence-corrected chi connectivity index (χ4v) is 7.21. The van der Waals surface area contributed by atoms with E-state index in [-0.39, 0.29) is 5.69 Å². The van der Waals surface area contributed by atoms with Gasteiger partial charge >= 0.3 is 5.97 Å². The fourth-order valence-electron chi connectivity index (χ4n) is 5.06. The summed E-state index contributed by atoms with van der Waals surface area (Å²) in [5, 5.41) is -1.71. The molecule has 2 aliphatic rings. The standard InChI is InChI=1S/C28H24F2N2O5S/c1-28(2)23(27(34)37-22(17-11-5-3-6-12-17)18-13-7-4-8-14-18)32-25(33)21(26(32)38(28,35)36)20(24(29)30)19-15-9-10-16-31-19/h3-16,22-24,26H,1-2H3/t23-,26+/m0/s1. The molecule has 38 heavy (non-hydrogen) atoms. The molecule has 10 heteroatoms. The average molecular weight is 539 g/mol. The molecule has 1 aromatic heterocycles. The van der Waals surface area contributed by atoms with Gasteiger partial charge in [0.25, 0.3) is 12.3 Å². The molecule has 2 atom stereocenters. The zero-order valence-corrected chi connectivity index (χ0v) is 21.3. The van der Waals surface area contributed by atoms with E-state index in [2.05, 4.69) is 4.98 Å². The largest absolute Gasteiger partial charge is 0.451 e. The molecule has 0 radical (unpaired) electrons. The molecule has 0 bridgehead atoms. The number of β-lactam (4-membered cyclic amide) rings is 1. The van der Waals surface area contributed by atoms with Crippen molar-refractivity contribution in [1.29, 1.82) is 0 Å². The van der Waals surface area contributed by atoms with E-state index in [0.717, 1.165) is 4.90 Å². The van der Waals surface area contributed by atoms with Gasteiger partial charge in [0.05, 0.1) is 16.8 Å². The first-order valence-corrected chi connectivity index (χ1v) is 13.4. The summed E-state index contributed by atoms with van der Waals surface area (Å²) >= 11 is 0. The second-order valence-corrected chi connectivity index (χ2v) is 12.2. The molecule has 0 spiro atoms. The molecule has 0 N–H and O–H groups in total. The number of rotatable bonds is 6. The van der Waals surface area contributed by atoms with Gasteiger partial charge in [0.15, 0.2) is 27.4 Å². The number of halogens is 2. The van der Waals surface area contributed by atoms with Crippen LogP contribution in [0.3, 0.4) is 0 Å². The number of alkyl halides is 2. The van der Waals surface area contributed by atoms with Gasteiger partial charge in [-0.1, -0.05) is 66.7 Å². The van der Waals surface area contributed by atoms with Crippen LogP contribution in [0, 0.1) is 0 Å². The minimum absolute atomic E-state index is 0.197. The van der Waals surface area contributed by atoms with E-state index in [9.17, 15) is 26.8 Å². The van der Waals surface area contributed by atoms with Crippen LogP contribution in [0.1, 0.15) is 36.8 Å². The molecule has 7 nitrogen and oxygen atoms in total. The summed E-state index contributed by atoms with van der Waals surface area (Å²) in [4.78, 5) is 31.7. The number of hydrogen-bond acceptors (Lipinski definition) is 6. The number of pyridine rings is 1. The summed E-state index contributed by atoms with van der Waals surface area (Å²) in [6.45, 7) is 2.61. The molecule has 3 heterocycles. The Morgan fingerprint density at radius 1 is 0.947 bits per heavy atom. The van der Waals surface area contributed by atoms with E-state index in [1.807, 2.05) is 0 Å². The zero-order valence-electron chi connectivity index (χ0n) is 20.5. The van der Waals surface area contributed by atoms with Crippen LogP contribution in [0.25, 0.3) is 5.57 Å². The van der Waals surface area contributed by atoms with Gasteiger partial charge in [0.1, 0.15) is 4.75 Å². The van der Waals surface area contributed by atoms with Gasteiger partial charge in [-0.2, -0.15) is 0 Å². The van der Waals surface area contributed by atoms with Crippen molar-refractivity contribution in [1.82, 2.24) is 9.88 Å². The molecule has 2 aromatic carbocycles. The molecular formula is C28H24F2N2O5S. The number of esters is 1. The minimum Gasteiger partial charge on any atom is -0.451 e. The first-order valence-electron chi connectivity index (χ1n) is 11.9. The molecule has 5 rings (SSSR count). The van der Waals surface area contributed by atoms with Crippen molar-refractivity contribution in [3.05, 3.63) is 107 Å². The lowest BCUT2D eigenvalue weighted by atomic mass is 9.91. The molecule has 196 valence electrons. The molecule has 0 unspecified atom stereocenters. The lowest BCUT2D eigenvalue weighted by Gasteiger charge is -2.40. The number of allylic oxidation sites excluding steroid dienone is 1. The van der Waals surface area contributed by atoms with Crippen molar-refractivity contribution < 1.29 is 31.5 Å². The van der Waals surface area contributed by atoms with E-state index in [1.165, 1.54) is 38.2 Å². The Hall–Kier alpha value is -3.92. The Bertz CT molecular complexity index is 1470. The molecule has 3 aromatic rings. The third kappa shape index (κ3) is 3.91. The Balaban J connectivity index is 1.56. The van der Waals surface area contributed by atoms with Gasteiger partial charge in [0, 0.05) is 6.20 Å². The summed E-state index contributed by atoms with van der Waals surface area (Å²) in [6, 6.07) is 20.5. The van der Waals surface area contributed by atoms with E-state index >= 15 is 0 Å². The van der Waals surface area contributed by atoms with Crippen LogP contribution in [0.5, 0.6) is 0 Å². The lowest BCUT2D eigenvalue weighted by molar-refractivity contribution is -0.160.